The largest absolute Gasteiger partial charge is 0.693 e. The molecule has 0 rings (SSSR count). The molecule has 0 atom stereocenters. The Morgan fingerprint density at radius 3 is 0.438 bits per heavy atom. The second-order valence-electron chi connectivity index (χ2n) is 0.606. The summed E-state index contributed by atoms with van der Waals surface area (Å²) in [5.41, 5.74) is 0. The van der Waals surface area contributed by atoms with E-state index in [1.807, 2.05) is 0 Å². The molecule has 0 bridgehead atoms. The second-order valence-corrected chi connectivity index (χ2v) is 32.3. The summed E-state index contributed by atoms with van der Waals surface area (Å²) in [6.45, 7) is 0. The standard InChI is InChI=1S/8ClH.3H3N.H2N.2H2O.2Ru/h8*1H;3*1H3;3*1H2;;/q;;;;;;;;;;;-1;;;2*+3/p-8. The Balaban J connectivity index is -0.00000000970. The van der Waals surface area contributed by atoms with Crippen LogP contribution in [-0.2, 0) is 21.6 Å². The van der Waals surface area contributed by atoms with Crippen molar-refractivity contribution in [3.8, 4) is 0 Å². The van der Waals surface area contributed by atoms with Gasteiger partial charge in [-0.2, -0.15) is 0 Å². The molecule has 0 aromatic heterocycles. The molecule has 0 amide bonds. The summed E-state index contributed by atoms with van der Waals surface area (Å²) in [6, 6.07) is 0. The van der Waals surface area contributed by atoms with Crippen LogP contribution in [0.2, 0.25) is 0 Å². The molecule has 6 nitrogen and oxygen atoms in total. The Kier molecular flexibility index (Phi) is 74.1. The topological polar surface area (TPSA) is 202 Å². The van der Waals surface area contributed by atoms with E-state index < -0.39 is 21.6 Å². The number of hydrogen-bond donors (Lipinski definition) is 3. The maximum atomic E-state index is 5.00. The molecule has 0 saturated carbocycles. The predicted molar refractivity (Wildman–Crippen MR) is 74.4 cm³/mol. The van der Waals surface area contributed by atoms with Crippen LogP contribution in [0.25, 0.3) is 6.15 Å². The molecule has 0 aliphatic rings. The van der Waals surface area contributed by atoms with Gasteiger partial charge < -0.3 is 35.6 Å². The van der Waals surface area contributed by atoms with Crippen LogP contribution in [0.5, 0.6) is 0 Å². The summed E-state index contributed by atoms with van der Waals surface area (Å²) in [4.78, 5) is 0. The minimum atomic E-state index is -2.97. The zero-order valence-corrected chi connectivity index (χ0v) is 17.0. The van der Waals surface area contributed by atoms with Crippen molar-refractivity contribution in [1.29, 1.82) is 0 Å². The molecule has 15 N–H and O–H groups in total. The SMILES string of the molecule is N.N.N.O.O.[Cl][Ru-]([Cl])([Cl])[Cl].[Cl][Ru-]([Cl])([Cl])[Cl].[NH2-]. The Morgan fingerprint density at radius 2 is 0.438 bits per heavy atom. The molecule has 0 aromatic carbocycles. The van der Waals surface area contributed by atoms with Crippen molar-refractivity contribution in [2.45, 2.75) is 0 Å². The van der Waals surface area contributed by atoms with Crippen LogP contribution in [0.3, 0.4) is 0 Å². The summed E-state index contributed by atoms with van der Waals surface area (Å²) >= 11 is 0. The van der Waals surface area contributed by atoms with Crippen molar-refractivity contribution in [1.82, 2.24) is 18.5 Å². The van der Waals surface area contributed by atoms with E-state index in [-0.39, 0.29) is 35.6 Å². The molecule has 0 aromatic rings. The smallest absolute Gasteiger partial charge is 0.693 e. The fraction of sp³-hybridized carbons (Fsp3) is 0. The average Bonchev–Trinajstić information content (AvgIpc) is 1.12. The van der Waals surface area contributed by atoms with Crippen LogP contribution in [0.4, 0.5) is 0 Å². The van der Waals surface area contributed by atoms with Crippen LogP contribution in [-0.4, -0.2) is 11.0 Å². The van der Waals surface area contributed by atoms with Crippen molar-refractivity contribution in [3.05, 3.63) is 6.15 Å². The van der Waals surface area contributed by atoms with E-state index in [0.29, 0.717) is 0 Å². The fourth-order valence-electron chi connectivity index (χ4n) is 0. The van der Waals surface area contributed by atoms with Crippen molar-refractivity contribution in [3.63, 3.8) is 0 Å². The minimum absolute atomic E-state index is 0. The van der Waals surface area contributed by atoms with Gasteiger partial charge in [0.05, 0.1) is 0 Å². The molecule has 0 spiro atoms. The molecule has 0 radical (unpaired) electrons. The molecule has 0 saturated heterocycles. The first-order valence-electron chi connectivity index (χ1n) is 1.07. The average molecular weight is 589 g/mol. The number of nitrogens with two attached hydrogens (primary N) is 1. The van der Waals surface area contributed by atoms with E-state index in [9.17, 15) is 0 Å². The Bertz CT molecular complexity index is 71.0. The third-order valence-electron chi connectivity index (χ3n) is 0. The first-order chi connectivity index (χ1) is 4.00. The van der Waals surface area contributed by atoms with Gasteiger partial charge in [-0.05, 0) is 0 Å². The molecule has 0 unspecified atom stereocenters. The summed E-state index contributed by atoms with van der Waals surface area (Å²) in [5.74, 6) is 0. The maximum Gasteiger partial charge on any atom is -0.693 e. The Morgan fingerprint density at radius 1 is 0.438 bits per heavy atom. The van der Waals surface area contributed by atoms with Gasteiger partial charge in [-0.1, -0.05) is 0 Å². The normalized spacial score (nSPS) is 9.50. The molecule has 16 heteroatoms. The predicted octanol–water partition coefficient (Wildman–Crippen LogP) is 5.06. The molecule has 0 heterocycles. The Hall–Kier alpha value is 3.33. The van der Waals surface area contributed by atoms with Gasteiger partial charge in [0.15, 0.2) is 0 Å². The van der Waals surface area contributed by atoms with Gasteiger partial charge in [0.2, 0.25) is 0 Å². The summed E-state index contributed by atoms with van der Waals surface area (Å²) in [7, 11) is 34.0. The molecule has 0 aliphatic carbocycles. The molecular weight excluding hydrogens is 574 g/mol. The van der Waals surface area contributed by atoms with Gasteiger partial charge in [-0.15, -0.1) is 0 Å². The van der Waals surface area contributed by atoms with Crippen molar-refractivity contribution >= 4 is 77.5 Å². The number of halogens is 8. The number of hydrogen-bond acceptors (Lipinski definition) is 3. The zero-order chi connectivity index (χ0) is 9.00. The van der Waals surface area contributed by atoms with Crippen molar-refractivity contribution in [2.75, 3.05) is 0 Å². The molecule has 0 aliphatic heterocycles. The molecule has 16 heavy (non-hydrogen) atoms. The van der Waals surface area contributed by atoms with Gasteiger partial charge in [0.25, 0.3) is 0 Å². The quantitative estimate of drug-likeness (QED) is 0.332. The van der Waals surface area contributed by atoms with Gasteiger partial charge in [0, 0.05) is 0 Å². The summed E-state index contributed by atoms with van der Waals surface area (Å²) < 4.78 is 0. The van der Waals surface area contributed by atoms with E-state index >= 15 is 0 Å². The zero-order valence-electron chi connectivity index (χ0n) is 7.43. The van der Waals surface area contributed by atoms with Crippen LogP contribution >= 0.6 is 77.5 Å². The Labute approximate surface area is 133 Å². The van der Waals surface area contributed by atoms with Crippen LogP contribution < -0.4 is 18.5 Å². The van der Waals surface area contributed by atoms with E-state index in [1.165, 1.54) is 0 Å². The first kappa shape index (κ1) is 50.6. The summed E-state index contributed by atoms with van der Waals surface area (Å²) in [6.07, 6.45) is 0. The van der Waals surface area contributed by atoms with Crippen LogP contribution in [0, 0.1) is 0 Å². The van der Waals surface area contributed by atoms with E-state index in [2.05, 4.69) is 0 Å². The monoisotopic (exact) mass is 587 g/mol. The van der Waals surface area contributed by atoms with Crippen LogP contribution in [0.1, 0.15) is 0 Å². The maximum absolute atomic E-state index is 5.00. The van der Waals surface area contributed by atoms with Crippen LogP contribution in [0.15, 0.2) is 0 Å². The second kappa shape index (κ2) is 23.4. The molecule has 0 fully saturated rings. The fourth-order valence-corrected chi connectivity index (χ4v) is 0. The molecular formula is H15Cl8N4O2Ru2-3. The van der Waals surface area contributed by atoms with Gasteiger partial charge in [-0.3, -0.25) is 0 Å². The summed E-state index contributed by atoms with van der Waals surface area (Å²) in [5, 5.41) is 0. The van der Waals surface area contributed by atoms with Gasteiger partial charge in [-0.25, -0.2) is 0 Å². The van der Waals surface area contributed by atoms with Crippen molar-refractivity contribution < 1.29 is 32.6 Å². The van der Waals surface area contributed by atoms with Gasteiger partial charge in [0.1, 0.15) is 0 Å². The van der Waals surface area contributed by atoms with Gasteiger partial charge >= 0.3 is 99.2 Å². The third kappa shape index (κ3) is 417. The minimum Gasteiger partial charge on any atom is -0.693 e. The van der Waals surface area contributed by atoms with E-state index in [4.69, 9.17) is 77.5 Å². The van der Waals surface area contributed by atoms with E-state index in [0.717, 1.165) is 0 Å². The number of rotatable bonds is 0. The third-order valence-corrected chi connectivity index (χ3v) is 0. The molecule has 122 valence electrons. The van der Waals surface area contributed by atoms with Crippen molar-refractivity contribution in [2.24, 2.45) is 0 Å². The van der Waals surface area contributed by atoms with E-state index in [1.54, 1.807) is 0 Å². The first-order valence-corrected chi connectivity index (χ1v) is 19.0.